The fourth-order valence-electron chi connectivity index (χ4n) is 3.37. The van der Waals surface area contributed by atoms with Crippen LogP contribution in [0.25, 0.3) is 0 Å². The maximum Gasteiger partial charge on any atom is 0.252 e. The molecule has 1 aromatic heterocycles. The molecule has 10 heteroatoms. The molecule has 1 aliphatic heterocycles. The number of hydrogen-bond acceptors (Lipinski definition) is 6. The predicted octanol–water partition coefficient (Wildman–Crippen LogP) is 3.08. The number of nitrogens with zero attached hydrogens (tertiary/aromatic N) is 1. The minimum absolute atomic E-state index is 0.0438. The number of carbonyl (C=O) groups is 2. The smallest absolute Gasteiger partial charge is 0.252 e. The van der Waals surface area contributed by atoms with Crippen molar-refractivity contribution in [3.05, 3.63) is 40.6 Å². The van der Waals surface area contributed by atoms with E-state index in [1.165, 1.54) is 34.9 Å². The maximum atomic E-state index is 13.1. The first-order valence-electron chi connectivity index (χ1n) is 10.2. The van der Waals surface area contributed by atoms with Gasteiger partial charge < -0.3 is 15.4 Å². The molecule has 1 saturated heterocycles. The molecule has 3 rings (SSSR count). The lowest BCUT2D eigenvalue weighted by molar-refractivity contribution is -0.116. The van der Waals surface area contributed by atoms with Crippen LogP contribution in [0.3, 0.4) is 0 Å². The fraction of sp³-hybridized carbons (Fsp3) is 0.429. The molecule has 2 N–H and O–H groups in total. The van der Waals surface area contributed by atoms with Crippen LogP contribution in [0.15, 0.2) is 39.9 Å². The largest absolute Gasteiger partial charge is 0.495 e. The predicted molar refractivity (Wildman–Crippen MR) is 120 cm³/mol. The number of sulfonamides is 1. The van der Waals surface area contributed by atoms with Crippen LogP contribution in [0.4, 0.5) is 5.69 Å². The van der Waals surface area contributed by atoms with Gasteiger partial charge in [-0.25, -0.2) is 8.42 Å². The van der Waals surface area contributed by atoms with Gasteiger partial charge in [-0.2, -0.15) is 15.6 Å². The average molecular weight is 466 g/mol. The minimum atomic E-state index is -3.65. The topological polar surface area (TPSA) is 105 Å². The number of carbonyl (C=O) groups excluding carboxylic acids is 2. The number of benzene rings is 1. The summed E-state index contributed by atoms with van der Waals surface area (Å²) < 4.78 is 32.9. The number of methoxy groups -OCH3 is 1. The summed E-state index contributed by atoms with van der Waals surface area (Å²) in [5.41, 5.74) is 0.839. The molecule has 0 saturated carbocycles. The molecule has 31 heavy (non-hydrogen) atoms. The molecule has 0 bridgehead atoms. The van der Waals surface area contributed by atoms with Crippen molar-refractivity contribution in [1.82, 2.24) is 9.62 Å². The Hall–Kier alpha value is -2.43. The normalized spacial score (nSPS) is 15.1. The van der Waals surface area contributed by atoms with E-state index in [9.17, 15) is 18.0 Å². The highest BCUT2D eigenvalue weighted by Crippen LogP contribution is 2.30. The van der Waals surface area contributed by atoms with Crippen molar-refractivity contribution >= 4 is 38.9 Å². The summed E-state index contributed by atoms with van der Waals surface area (Å²) in [6, 6.07) is 6.18. The van der Waals surface area contributed by atoms with Gasteiger partial charge in [0.2, 0.25) is 15.9 Å². The standard InChI is InChI=1S/C21H27N3O5S2/c1-29-19-7-6-17(31(27,28)24-11-4-2-3-5-12-24)14-18(19)23-20(25)8-10-22-21(26)16-9-13-30-15-16/h6-7,9,13-15H,2-5,8,10-12H2,1H3,(H,22,26)(H,23,25). The van der Waals surface area contributed by atoms with Crippen LogP contribution < -0.4 is 15.4 Å². The molecular formula is C21H27N3O5S2. The van der Waals surface area contributed by atoms with E-state index < -0.39 is 10.0 Å². The second-order valence-corrected chi connectivity index (χ2v) is 9.96. The Kier molecular flexibility index (Phi) is 8.05. The highest BCUT2D eigenvalue weighted by atomic mass is 32.2. The van der Waals surface area contributed by atoms with E-state index >= 15 is 0 Å². The van der Waals surface area contributed by atoms with Gasteiger partial charge in [0.25, 0.3) is 5.91 Å². The first-order valence-corrected chi connectivity index (χ1v) is 12.6. The van der Waals surface area contributed by atoms with Crippen LogP contribution in [0.5, 0.6) is 5.75 Å². The van der Waals surface area contributed by atoms with E-state index in [2.05, 4.69) is 10.6 Å². The molecule has 0 radical (unpaired) electrons. The maximum absolute atomic E-state index is 13.1. The molecule has 1 aliphatic rings. The Balaban J connectivity index is 1.65. The molecule has 0 spiro atoms. The van der Waals surface area contributed by atoms with E-state index in [-0.39, 0.29) is 35.4 Å². The third-order valence-electron chi connectivity index (χ3n) is 5.07. The van der Waals surface area contributed by atoms with Crippen molar-refractivity contribution in [2.75, 3.05) is 32.1 Å². The molecule has 8 nitrogen and oxygen atoms in total. The molecule has 1 fully saturated rings. The highest BCUT2D eigenvalue weighted by Gasteiger charge is 2.26. The van der Waals surface area contributed by atoms with Gasteiger partial charge >= 0.3 is 0 Å². The third-order valence-corrected chi connectivity index (χ3v) is 7.65. The molecule has 0 unspecified atom stereocenters. The summed E-state index contributed by atoms with van der Waals surface area (Å²) in [6.45, 7) is 1.16. The summed E-state index contributed by atoms with van der Waals surface area (Å²) in [5.74, 6) is -0.226. The van der Waals surface area contributed by atoms with Gasteiger partial charge in [-0.15, -0.1) is 0 Å². The highest BCUT2D eigenvalue weighted by molar-refractivity contribution is 7.89. The van der Waals surface area contributed by atoms with Crippen LogP contribution in [0.1, 0.15) is 42.5 Å². The number of ether oxygens (including phenoxy) is 1. The number of thiophene rings is 1. The number of amides is 2. The second-order valence-electron chi connectivity index (χ2n) is 7.25. The van der Waals surface area contributed by atoms with Crippen molar-refractivity contribution in [1.29, 1.82) is 0 Å². The molecule has 0 atom stereocenters. The van der Waals surface area contributed by atoms with E-state index in [0.717, 1.165) is 25.7 Å². The lowest BCUT2D eigenvalue weighted by Gasteiger charge is -2.21. The van der Waals surface area contributed by atoms with Crippen LogP contribution in [0, 0.1) is 0 Å². The molecule has 0 aliphatic carbocycles. The monoisotopic (exact) mass is 465 g/mol. The van der Waals surface area contributed by atoms with Gasteiger partial charge in [-0.05, 0) is 42.5 Å². The van der Waals surface area contributed by atoms with Gasteiger partial charge in [-0.3, -0.25) is 9.59 Å². The number of anilines is 1. The van der Waals surface area contributed by atoms with Gasteiger partial charge in [0.15, 0.2) is 0 Å². The van der Waals surface area contributed by atoms with Crippen molar-refractivity contribution in [2.24, 2.45) is 0 Å². The zero-order chi connectivity index (χ0) is 22.3. The second kappa shape index (κ2) is 10.7. The zero-order valence-corrected chi connectivity index (χ0v) is 19.1. The van der Waals surface area contributed by atoms with Gasteiger partial charge in [0.05, 0.1) is 17.7 Å². The Morgan fingerprint density at radius 1 is 1.13 bits per heavy atom. The fourth-order valence-corrected chi connectivity index (χ4v) is 5.55. The van der Waals surface area contributed by atoms with Gasteiger partial charge in [-0.1, -0.05) is 12.8 Å². The summed E-state index contributed by atoms with van der Waals surface area (Å²) in [5, 5.41) is 8.93. The van der Waals surface area contributed by atoms with Crippen molar-refractivity contribution in [3.8, 4) is 5.75 Å². The SMILES string of the molecule is COc1ccc(S(=O)(=O)N2CCCCCC2)cc1NC(=O)CCNC(=O)c1ccsc1. The molecular weight excluding hydrogens is 438 g/mol. The Labute approximate surface area is 186 Å². The number of rotatable bonds is 8. The summed E-state index contributed by atoms with van der Waals surface area (Å²) in [4.78, 5) is 24.5. The summed E-state index contributed by atoms with van der Waals surface area (Å²) >= 11 is 1.42. The van der Waals surface area contributed by atoms with Gasteiger partial charge in [0.1, 0.15) is 5.75 Å². The Morgan fingerprint density at radius 2 is 1.87 bits per heavy atom. The van der Waals surface area contributed by atoms with E-state index in [0.29, 0.717) is 24.4 Å². The average Bonchev–Trinajstić information content (AvgIpc) is 3.15. The molecule has 2 aromatic rings. The van der Waals surface area contributed by atoms with E-state index in [1.54, 1.807) is 22.9 Å². The molecule has 1 aromatic carbocycles. The lowest BCUT2D eigenvalue weighted by Crippen LogP contribution is -2.32. The number of nitrogens with one attached hydrogen (secondary N) is 2. The minimum Gasteiger partial charge on any atom is -0.495 e. The van der Waals surface area contributed by atoms with Crippen LogP contribution in [-0.2, 0) is 14.8 Å². The summed E-state index contributed by atoms with van der Waals surface area (Å²) in [7, 11) is -2.20. The third kappa shape index (κ3) is 6.05. The van der Waals surface area contributed by atoms with Crippen molar-refractivity contribution in [2.45, 2.75) is 37.0 Å². The van der Waals surface area contributed by atoms with Gasteiger partial charge in [0, 0.05) is 37.0 Å². The van der Waals surface area contributed by atoms with E-state index in [4.69, 9.17) is 4.74 Å². The summed E-state index contributed by atoms with van der Waals surface area (Å²) in [6.07, 6.45) is 3.78. The van der Waals surface area contributed by atoms with Crippen LogP contribution in [-0.4, -0.2) is 51.3 Å². The molecule has 2 amide bonds. The lowest BCUT2D eigenvalue weighted by atomic mass is 10.2. The zero-order valence-electron chi connectivity index (χ0n) is 17.4. The Morgan fingerprint density at radius 3 is 2.52 bits per heavy atom. The van der Waals surface area contributed by atoms with Crippen LogP contribution >= 0.6 is 11.3 Å². The number of hydrogen-bond donors (Lipinski definition) is 2. The van der Waals surface area contributed by atoms with E-state index in [1.807, 2.05) is 0 Å². The van der Waals surface area contributed by atoms with Crippen LogP contribution in [0.2, 0.25) is 0 Å². The molecule has 2 heterocycles. The first kappa shape index (κ1) is 23.2. The quantitative estimate of drug-likeness (QED) is 0.623. The van der Waals surface area contributed by atoms with Crippen molar-refractivity contribution in [3.63, 3.8) is 0 Å². The first-order chi connectivity index (χ1) is 14.9. The molecule has 168 valence electrons. The Bertz CT molecular complexity index is 998. The van der Waals surface area contributed by atoms with Crippen molar-refractivity contribution < 1.29 is 22.7 Å².